The molecule has 0 fully saturated rings. The van der Waals surface area contributed by atoms with Gasteiger partial charge in [-0.15, -0.1) is 0 Å². The Hall–Kier alpha value is -1.40. The minimum absolute atomic E-state index is 0.899. The Kier molecular flexibility index (Phi) is 6.48. The topological polar surface area (TPSA) is 24.7 Å². The van der Waals surface area contributed by atoms with Crippen molar-refractivity contribution < 1.29 is 0 Å². The van der Waals surface area contributed by atoms with Gasteiger partial charge in [0.05, 0.1) is 11.7 Å². The van der Waals surface area contributed by atoms with Crippen LogP contribution in [0.2, 0.25) is 0 Å². The van der Waals surface area contributed by atoms with E-state index < -0.39 is 0 Å². The molecule has 0 heterocycles. The Balaban J connectivity index is 0.000000671. The number of aryl methyl sites for hydroxylation is 1. The zero-order valence-electron chi connectivity index (χ0n) is 8.70. The highest BCUT2D eigenvalue weighted by molar-refractivity contribution is 5.52. The molecule has 0 aliphatic carbocycles. The highest BCUT2D eigenvalue weighted by atomic mass is 14.8. The molecule has 0 saturated carbocycles. The highest BCUT2D eigenvalue weighted by Crippen LogP contribution is 2.11. The maximum Gasteiger partial charge on any atom is 0.0946 e. The van der Waals surface area contributed by atoms with E-state index in [1.54, 1.807) is 7.05 Å². The van der Waals surface area contributed by atoms with E-state index in [0.717, 1.165) is 5.69 Å². The van der Waals surface area contributed by atoms with E-state index in [1.165, 1.54) is 5.56 Å². The summed E-state index contributed by atoms with van der Waals surface area (Å²) in [4.78, 5) is 7.61. The van der Waals surface area contributed by atoms with Crippen LogP contribution in [0.4, 0.5) is 5.69 Å². The maximum absolute atomic E-state index is 3.97. The molecule has 1 aromatic carbocycles. The smallest absolute Gasteiger partial charge is 0.0946 e. The summed E-state index contributed by atoms with van der Waals surface area (Å²) in [5.74, 6) is 0. The first-order chi connectivity index (χ1) is 6.33. The molecule has 0 aliphatic rings. The number of nitrogens with zero attached hydrogens (tertiary/aromatic N) is 2. The summed E-state index contributed by atoms with van der Waals surface area (Å²) >= 11 is 0. The second-order valence-electron chi connectivity index (χ2n) is 2.27. The van der Waals surface area contributed by atoms with Crippen molar-refractivity contribution in [2.24, 2.45) is 9.98 Å². The van der Waals surface area contributed by atoms with Crippen LogP contribution in [0.5, 0.6) is 0 Å². The van der Waals surface area contributed by atoms with Crippen molar-refractivity contribution in [1.29, 1.82) is 0 Å². The van der Waals surface area contributed by atoms with Crippen molar-refractivity contribution in [2.45, 2.75) is 20.8 Å². The molecular weight excluding hydrogens is 160 g/mol. The Morgan fingerprint density at radius 3 is 2.46 bits per heavy atom. The molecule has 0 unspecified atom stereocenters. The lowest BCUT2D eigenvalue weighted by molar-refractivity contribution is 1.41. The fraction of sp³-hybridized carbons (Fsp3) is 0.364. The lowest BCUT2D eigenvalue weighted by Gasteiger charge is -1.91. The van der Waals surface area contributed by atoms with E-state index in [4.69, 9.17) is 0 Å². The zero-order chi connectivity index (χ0) is 10.1. The molecule has 0 N–H and O–H groups in total. The van der Waals surface area contributed by atoms with E-state index in [9.17, 15) is 0 Å². The van der Waals surface area contributed by atoms with Gasteiger partial charge in [-0.2, -0.15) is 4.99 Å². The Morgan fingerprint density at radius 2 is 1.92 bits per heavy atom. The minimum Gasteiger partial charge on any atom is -0.229 e. The van der Waals surface area contributed by atoms with E-state index in [-0.39, 0.29) is 0 Å². The van der Waals surface area contributed by atoms with Gasteiger partial charge in [-0.05, 0) is 24.6 Å². The predicted molar refractivity (Wildman–Crippen MR) is 58.0 cm³/mol. The lowest BCUT2D eigenvalue weighted by atomic mass is 10.2. The molecule has 0 bridgehead atoms. The third-order valence-corrected chi connectivity index (χ3v) is 1.28. The molecule has 0 amide bonds. The molecule has 70 valence electrons. The first kappa shape index (κ1) is 11.6. The van der Waals surface area contributed by atoms with E-state index in [2.05, 4.69) is 16.0 Å². The minimum atomic E-state index is 0.899. The van der Waals surface area contributed by atoms with Crippen LogP contribution in [-0.2, 0) is 0 Å². The van der Waals surface area contributed by atoms with E-state index in [1.807, 2.05) is 45.0 Å². The molecule has 2 nitrogen and oxygen atoms in total. The average molecular weight is 176 g/mol. The molecule has 2 heteroatoms. The molecule has 1 aromatic rings. The normalized spacial score (nSPS) is 7.69. The molecular formula is C11H16N2. The van der Waals surface area contributed by atoms with Gasteiger partial charge in [0.1, 0.15) is 0 Å². The van der Waals surface area contributed by atoms with Gasteiger partial charge in [-0.1, -0.05) is 26.0 Å². The first-order valence-electron chi connectivity index (χ1n) is 4.44. The van der Waals surface area contributed by atoms with Crippen LogP contribution in [0.3, 0.4) is 0 Å². The Bertz CT molecular complexity index is 297. The van der Waals surface area contributed by atoms with Crippen molar-refractivity contribution in [3.05, 3.63) is 29.8 Å². The van der Waals surface area contributed by atoms with Crippen LogP contribution in [-0.4, -0.2) is 13.1 Å². The van der Waals surface area contributed by atoms with Crippen molar-refractivity contribution in [1.82, 2.24) is 0 Å². The van der Waals surface area contributed by atoms with Gasteiger partial charge in [-0.25, -0.2) is 4.99 Å². The lowest BCUT2D eigenvalue weighted by Crippen LogP contribution is -1.68. The largest absolute Gasteiger partial charge is 0.229 e. The van der Waals surface area contributed by atoms with Crippen LogP contribution in [0.15, 0.2) is 34.3 Å². The number of aliphatic imine (C=N–C) groups is 2. The summed E-state index contributed by atoms with van der Waals surface area (Å²) in [6, 6.07) is 10.4. The Morgan fingerprint density at radius 1 is 1.23 bits per heavy atom. The Labute approximate surface area is 80.1 Å². The van der Waals surface area contributed by atoms with Crippen LogP contribution in [0.1, 0.15) is 19.4 Å². The van der Waals surface area contributed by atoms with Crippen LogP contribution >= 0.6 is 0 Å². The standard InChI is InChI=1S/C9H10N2.C2H6/c1-8-4-3-5-9(6-8)11-7-10-2;1-2/h3-6H,1-2H3;1-2H3. The van der Waals surface area contributed by atoms with Gasteiger partial charge in [0.25, 0.3) is 0 Å². The van der Waals surface area contributed by atoms with Crippen LogP contribution in [0, 0.1) is 6.92 Å². The van der Waals surface area contributed by atoms with Gasteiger partial charge in [0, 0.05) is 7.05 Å². The number of hydrogen-bond donors (Lipinski definition) is 0. The molecule has 1 rings (SSSR count). The summed E-state index contributed by atoms with van der Waals surface area (Å²) in [6.07, 6.45) is 0. The van der Waals surface area contributed by atoms with Crippen LogP contribution in [0.25, 0.3) is 0 Å². The number of rotatable bonds is 1. The highest BCUT2D eigenvalue weighted by Gasteiger charge is 1.85. The SMILES string of the molecule is CC.CN=C=Nc1cccc(C)c1. The van der Waals surface area contributed by atoms with Gasteiger partial charge in [-0.3, -0.25) is 0 Å². The molecule has 0 aromatic heterocycles. The molecule has 13 heavy (non-hydrogen) atoms. The van der Waals surface area contributed by atoms with Gasteiger partial charge in [0.15, 0.2) is 0 Å². The first-order valence-corrected chi connectivity index (χ1v) is 4.44. The number of benzene rings is 1. The summed E-state index contributed by atoms with van der Waals surface area (Å²) in [6.45, 7) is 6.03. The maximum atomic E-state index is 3.97. The fourth-order valence-electron chi connectivity index (χ4n) is 0.805. The quantitative estimate of drug-likeness (QED) is 0.585. The van der Waals surface area contributed by atoms with Crippen molar-refractivity contribution in [3.63, 3.8) is 0 Å². The van der Waals surface area contributed by atoms with Gasteiger partial charge in [0.2, 0.25) is 0 Å². The zero-order valence-corrected chi connectivity index (χ0v) is 8.70. The van der Waals surface area contributed by atoms with Crippen molar-refractivity contribution in [2.75, 3.05) is 7.05 Å². The van der Waals surface area contributed by atoms with Gasteiger partial charge >= 0.3 is 0 Å². The molecule has 0 radical (unpaired) electrons. The number of hydrogen-bond acceptors (Lipinski definition) is 2. The third kappa shape index (κ3) is 4.94. The second-order valence-corrected chi connectivity index (χ2v) is 2.27. The van der Waals surface area contributed by atoms with Crippen molar-refractivity contribution in [3.8, 4) is 0 Å². The van der Waals surface area contributed by atoms with Crippen LogP contribution < -0.4 is 0 Å². The monoisotopic (exact) mass is 176 g/mol. The van der Waals surface area contributed by atoms with E-state index in [0.29, 0.717) is 0 Å². The second kappa shape index (κ2) is 7.26. The van der Waals surface area contributed by atoms with Crippen molar-refractivity contribution >= 4 is 11.7 Å². The van der Waals surface area contributed by atoms with Gasteiger partial charge < -0.3 is 0 Å². The van der Waals surface area contributed by atoms with E-state index >= 15 is 0 Å². The molecule has 0 spiro atoms. The summed E-state index contributed by atoms with van der Waals surface area (Å²) in [5, 5.41) is 0. The summed E-state index contributed by atoms with van der Waals surface area (Å²) in [7, 11) is 1.65. The molecule has 0 aliphatic heterocycles. The molecule has 0 saturated heterocycles. The summed E-state index contributed by atoms with van der Waals surface area (Å²) < 4.78 is 0. The molecule has 0 atom stereocenters. The third-order valence-electron chi connectivity index (χ3n) is 1.28. The predicted octanol–water partition coefficient (Wildman–Crippen LogP) is 3.46. The summed E-state index contributed by atoms with van der Waals surface area (Å²) in [5.41, 5.74) is 2.10. The fourth-order valence-corrected chi connectivity index (χ4v) is 0.805. The average Bonchev–Trinajstić information content (AvgIpc) is 2.18.